The van der Waals surface area contributed by atoms with Crippen molar-refractivity contribution in [1.82, 2.24) is 10.6 Å². The minimum Gasteiger partial charge on any atom is -0.508 e. The number of amides is 2. The summed E-state index contributed by atoms with van der Waals surface area (Å²) in [4.78, 5) is 39.8. The number of hydrogen-bond donors (Lipinski definition) is 3. The summed E-state index contributed by atoms with van der Waals surface area (Å²) in [6.45, 7) is 5.59. The van der Waals surface area contributed by atoms with Crippen LogP contribution in [0.1, 0.15) is 55.1 Å². The number of carbonyl (C=O) groups excluding carboxylic acids is 3. The van der Waals surface area contributed by atoms with E-state index in [2.05, 4.69) is 10.6 Å². The van der Waals surface area contributed by atoms with Crippen molar-refractivity contribution in [2.24, 2.45) is 0 Å². The van der Waals surface area contributed by atoms with E-state index in [0.29, 0.717) is 22.6 Å². The van der Waals surface area contributed by atoms with Gasteiger partial charge in [-0.1, -0.05) is 72.8 Å². The highest BCUT2D eigenvalue weighted by Gasteiger charge is 2.31. The summed E-state index contributed by atoms with van der Waals surface area (Å²) >= 11 is 0. The van der Waals surface area contributed by atoms with Gasteiger partial charge in [-0.05, 0) is 67.3 Å². The number of hydrogen-bond acceptors (Lipinski definition) is 8. The first-order valence-electron chi connectivity index (χ1n) is 14.7. The molecule has 0 fully saturated rings. The molecule has 10 heteroatoms. The Balaban J connectivity index is 1.71. The maximum atomic E-state index is 14.0. The van der Waals surface area contributed by atoms with Crippen molar-refractivity contribution in [2.45, 2.75) is 51.7 Å². The summed E-state index contributed by atoms with van der Waals surface area (Å²) in [6.07, 6.45) is -0.853. The first-order valence-corrected chi connectivity index (χ1v) is 14.7. The highest BCUT2D eigenvalue weighted by atomic mass is 16.6. The van der Waals surface area contributed by atoms with Crippen molar-refractivity contribution in [2.75, 3.05) is 7.11 Å². The lowest BCUT2D eigenvalue weighted by Gasteiger charge is -2.26. The van der Waals surface area contributed by atoms with E-state index in [1.165, 1.54) is 31.4 Å². The van der Waals surface area contributed by atoms with Crippen molar-refractivity contribution in [3.8, 4) is 17.2 Å². The fourth-order valence-electron chi connectivity index (χ4n) is 4.42. The molecule has 0 aliphatic heterocycles. The lowest BCUT2D eigenvalue weighted by atomic mass is 10.0. The highest BCUT2D eigenvalue weighted by molar-refractivity contribution is 5.91. The van der Waals surface area contributed by atoms with Crippen molar-refractivity contribution >= 4 is 18.0 Å². The Labute approximate surface area is 268 Å². The number of ether oxygens (including phenoxy) is 4. The summed E-state index contributed by atoms with van der Waals surface area (Å²) in [5, 5.41) is 15.1. The van der Waals surface area contributed by atoms with Gasteiger partial charge in [-0.25, -0.2) is 9.59 Å². The van der Waals surface area contributed by atoms with Crippen LogP contribution in [-0.4, -0.2) is 35.8 Å². The Morgan fingerprint density at radius 3 is 1.70 bits per heavy atom. The number of rotatable bonds is 12. The molecular formula is C36H38N2O8. The first kappa shape index (κ1) is 33.4. The number of phenolic OH excluding ortho intramolecular Hbond substituents is 1. The Morgan fingerprint density at radius 2 is 1.22 bits per heavy atom. The Hall–Kier alpha value is -5.51. The molecule has 2 atom stereocenters. The van der Waals surface area contributed by atoms with Crippen LogP contribution in [-0.2, 0) is 32.3 Å². The average Bonchev–Trinajstić information content (AvgIpc) is 3.04. The fourth-order valence-corrected chi connectivity index (χ4v) is 4.42. The molecule has 0 aliphatic rings. The van der Waals surface area contributed by atoms with Crippen molar-refractivity contribution in [3.63, 3.8) is 0 Å². The number of aromatic hydroxyl groups is 1. The maximum absolute atomic E-state index is 14.0. The average molecular weight is 627 g/mol. The molecule has 0 unspecified atom stereocenters. The van der Waals surface area contributed by atoms with Crippen LogP contribution in [0.3, 0.4) is 0 Å². The predicted molar refractivity (Wildman–Crippen MR) is 171 cm³/mol. The van der Waals surface area contributed by atoms with Gasteiger partial charge < -0.3 is 34.7 Å². The lowest BCUT2D eigenvalue weighted by Crippen LogP contribution is -2.45. The monoisotopic (exact) mass is 626 g/mol. The topological polar surface area (TPSA) is 132 Å². The van der Waals surface area contributed by atoms with Crippen LogP contribution in [0.25, 0.3) is 0 Å². The van der Waals surface area contributed by atoms with Crippen molar-refractivity contribution < 1.29 is 38.4 Å². The molecule has 240 valence electrons. The second kappa shape index (κ2) is 15.5. The van der Waals surface area contributed by atoms with E-state index < -0.39 is 35.7 Å². The molecule has 0 aliphatic carbocycles. The maximum Gasteiger partial charge on any atom is 0.408 e. The van der Waals surface area contributed by atoms with Gasteiger partial charge in [0.25, 0.3) is 0 Å². The summed E-state index contributed by atoms with van der Waals surface area (Å²) < 4.78 is 22.6. The number of methoxy groups -OCH3 is 1. The molecule has 10 nitrogen and oxygen atoms in total. The standard InChI is InChI=1S/C36H38N2O8/c1-36(2,3)46-35(42)38-31(33(40)37-32(34(41)43-4)26-15-17-28(39)18-16-26)27-19-29(44-22-24-11-7-5-8-12-24)21-30(20-27)45-23-25-13-9-6-10-14-25/h5-21,31-32,39H,22-23H2,1-4H3,(H,37,40)(H,38,42)/t31-,32+/m0/s1. The summed E-state index contributed by atoms with van der Waals surface area (Å²) in [7, 11) is 1.20. The molecule has 0 spiro atoms. The van der Waals surface area contributed by atoms with Crippen molar-refractivity contribution in [1.29, 1.82) is 0 Å². The molecule has 3 N–H and O–H groups in total. The van der Waals surface area contributed by atoms with Gasteiger partial charge in [0.1, 0.15) is 42.1 Å². The molecule has 46 heavy (non-hydrogen) atoms. The Morgan fingerprint density at radius 1 is 0.696 bits per heavy atom. The van der Waals surface area contributed by atoms with E-state index in [1.54, 1.807) is 39.0 Å². The third-order valence-electron chi connectivity index (χ3n) is 6.61. The molecule has 0 saturated heterocycles. The smallest absolute Gasteiger partial charge is 0.408 e. The summed E-state index contributed by atoms with van der Waals surface area (Å²) in [5.41, 5.74) is 1.68. The van der Waals surface area contributed by atoms with Gasteiger partial charge in [0.2, 0.25) is 5.91 Å². The molecule has 4 aromatic rings. The molecular weight excluding hydrogens is 588 g/mol. The molecule has 0 bridgehead atoms. The summed E-state index contributed by atoms with van der Waals surface area (Å²) in [6, 6.07) is 27.2. The van der Waals surface area contributed by atoms with Gasteiger partial charge in [-0.3, -0.25) is 4.79 Å². The molecule has 2 amide bonds. The predicted octanol–water partition coefficient (Wildman–Crippen LogP) is 6.15. The van der Waals surface area contributed by atoms with Crippen LogP contribution in [0.2, 0.25) is 0 Å². The van der Waals surface area contributed by atoms with Gasteiger partial charge in [0.15, 0.2) is 6.04 Å². The highest BCUT2D eigenvalue weighted by Crippen LogP contribution is 2.30. The zero-order chi connectivity index (χ0) is 33.1. The van der Waals surface area contributed by atoms with Gasteiger partial charge in [0, 0.05) is 6.07 Å². The molecule has 4 aromatic carbocycles. The quantitative estimate of drug-likeness (QED) is 0.160. The van der Waals surface area contributed by atoms with Crippen LogP contribution in [0.5, 0.6) is 17.2 Å². The van der Waals surface area contributed by atoms with Gasteiger partial charge in [0.05, 0.1) is 7.11 Å². The first-order chi connectivity index (χ1) is 22.0. The van der Waals surface area contributed by atoms with Gasteiger partial charge in [-0.2, -0.15) is 0 Å². The minimum absolute atomic E-state index is 0.0153. The largest absolute Gasteiger partial charge is 0.508 e. The van der Waals surface area contributed by atoms with E-state index in [-0.39, 0.29) is 19.0 Å². The van der Waals surface area contributed by atoms with E-state index in [0.717, 1.165) is 11.1 Å². The van der Waals surface area contributed by atoms with Crippen LogP contribution in [0.4, 0.5) is 4.79 Å². The minimum atomic E-state index is -1.35. The van der Waals surface area contributed by atoms with Gasteiger partial charge in [-0.15, -0.1) is 0 Å². The second-order valence-corrected chi connectivity index (χ2v) is 11.4. The van der Waals surface area contributed by atoms with Crippen LogP contribution in [0, 0.1) is 0 Å². The number of phenols is 1. The molecule has 0 saturated carbocycles. The third kappa shape index (κ3) is 10.0. The lowest BCUT2D eigenvalue weighted by molar-refractivity contribution is -0.145. The number of carbonyl (C=O) groups is 3. The SMILES string of the molecule is COC(=O)[C@H](NC(=O)[C@@H](NC(=O)OC(C)(C)C)c1cc(OCc2ccccc2)cc(OCc2ccccc2)c1)c1ccc(O)cc1. The van der Waals surface area contributed by atoms with Gasteiger partial charge >= 0.3 is 12.1 Å². The number of nitrogens with one attached hydrogen (secondary N) is 2. The number of benzene rings is 4. The van der Waals surface area contributed by atoms with Crippen LogP contribution < -0.4 is 20.1 Å². The normalized spacial score (nSPS) is 12.3. The van der Waals surface area contributed by atoms with E-state index >= 15 is 0 Å². The van der Waals surface area contributed by atoms with Crippen LogP contribution >= 0.6 is 0 Å². The number of esters is 1. The van der Waals surface area contributed by atoms with E-state index in [4.69, 9.17) is 18.9 Å². The van der Waals surface area contributed by atoms with Crippen LogP contribution in [0.15, 0.2) is 103 Å². The van der Waals surface area contributed by atoms with Crippen molar-refractivity contribution in [3.05, 3.63) is 125 Å². The third-order valence-corrected chi connectivity index (χ3v) is 6.61. The van der Waals surface area contributed by atoms with E-state index in [9.17, 15) is 19.5 Å². The number of alkyl carbamates (subject to hydrolysis) is 1. The molecule has 4 rings (SSSR count). The Bertz CT molecular complexity index is 1540. The fraction of sp³-hybridized carbons (Fsp3) is 0.250. The zero-order valence-corrected chi connectivity index (χ0v) is 26.2. The van der Waals surface area contributed by atoms with E-state index in [1.807, 2.05) is 60.7 Å². The zero-order valence-electron chi connectivity index (χ0n) is 26.2. The molecule has 0 heterocycles. The Kier molecular flexibility index (Phi) is 11.2. The molecule has 0 radical (unpaired) electrons. The summed E-state index contributed by atoms with van der Waals surface area (Å²) in [5.74, 6) is -0.725. The second-order valence-electron chi connectivity index (χ2n) is 11.4. The molecule has 0 aromatic heterocycles.